The maximum Gasteiger partial charge on any atom is 0.272 e. The number of likely N-dealkylation sites (tertiary alicyclic amines) is 2. The molecular weight excluding hydrogens is 342 g/mol. The van der Waals surface area contributed by atoms with Crippen molar-refractivity contribution in [3.63, 3.8) is 0 Å². The SMILES string of the molecule is Cn1nccc1C(=O)N1C[C@@H]2CN[C@H](CCCC(=O)N3CCCC3)[C@H](C2)C1. The van der Waals surface area contributed by atoms with Crippen LogP contribution in [0.15, 0.2) is 12.3 Å². The van der Waals surface area contributed by atoms with E-state index in [1.54, 1.807) is 16.9 Å². The molecule has 7 nitrogen and oxygen atoms in total. The van der Waals surface area contributed by atoms with Gasteiger partial charge < -0.3 is 15.1 Å². The maximum absolute atomic E-state index is 12.9. The number of carbonyl (C=O) groups excluding carboxylic acids is 2. The lowest BCUT2D eigenvalue weighted by Crippen LogP contribution is -2.57. The number of hydrogen-bond acceptors (Lipinski definition) is 4. The lowest BCUT2D eigenvalue weighted by atomic mass is 9.79. The van der Waals surface area contributed by atoms with Crippen molar-refractivity contribution < 1.29 is 9.59 Å². The van der Waals surface area contributed by atoms with Gasteiger partial charge in [-0.2, -0.15) is 5.10 Å². The van der Waals surface area contributed by atoms with Crippen LogP contribution in [-0.4, -0.2) is 70.2 Å². The molecule has 2 bridgehead atoms. The summed E-state index contributed by atoms with van der Waals surface area (Å²) >= 11 is 0. The van der Waals surface area contributed by atoms with Gasteiger partial charge in [-0.3, -0.25) is 14.3 Å². The number of nitrogens with one attached hydrogen (secondary N) is 1. The largest absolute Gasteiger partial charge is 0.343 e. The zero-order valence-corrected chi connectivity index (χ0v) is 16.3. The normalized spacial score (nSPS) is 27.8. The second-order valence-corrected chi connectivity index (χ2v) is 8.41. The Morgan fingerprint density at radius 2 is 2.04 bits per heavy atom. The van der Waals surface area contributed by atoms with Crippen molar-refractivity contribution in [2.24, 2.45) is 18.9 Å². The number of fused-ring (bicyclic) bond motifs is 2. The fraction of sp³-hybridized carbons (Fsp3) is 0.750. The highest BCUT2D eigenvalue weighted by Gasteiger charge is 2.38. The average Bonchev–Trinajstić information content (AvgIpc) is 3.34. The summed E-state index contributed by atoms with van der Waals surface area (Å²) in [6.07, 6.45) is 7.78. The zero-order valence-electron chi connectivity index (χ0n) is 16.3. The summed E-state index contributed by atoms with van der Waals surface area (Å²) in [7, 11) is 1.82. The minimum atomic E-state index is 0.0922. The van der Waals surface area contributed by atoms with Crippen molar-refractivity contribution >= 4 is 11.8 Å². The second-order valence-electron chi connectivity index (χ2n) is 8.41. The molecule has 0 unspecified atom stereocenters. The highest BCUT2D eigenvalue weighted by Crippen LogP contribution is 2.31. The van der Waals surface area contributed by atoms with Gasteiger partial charge in [0, 0.05) is 51.9 Å². The molecule has 0 radical (unpaired) electrons. The highest BCUT2D eigenvalue weighted by molar-refractivity contribution is 5.92. The van der Waals surface area contributed by atoms with E-state index in [1.807, 2.05) is 16.8 Å². The van der Waals surface area contributed by atoms with Gasteiger partial charge in [0.05, 0.1) is 0 Å². The molecule has 1 aromatic heterocycles. The Morgan fingerprint density at radius 3 is 2.78 bits per heavy atom. The predicted octanol–water partition coefficient (Wildman–Crippen LogP) is 1.26. The monoisotopic (exact) mass is 373 g/mol. The first kappa shape index (κ1) is 18.5. The lowest BCUT2D eigenvalue weighted by molar-refractivity contribution is -0.130. The lowest BCUT2D eigenvalue weighted by Gasteiger charge is -2.46. The molecule has 2 amide bonds. The zero-order chi connectivity index (χ0) is 18.8. The van der Waals surface area contributed by atoms with Crippen LogP contribution in [0.3, 0.4) is 0 Å². The third kappa shape index (κ3) is 4.03. The molecule has 1 aromatic rings. The van der Waals surface area contributed by atoms with E-state index < -0.39 is 0 Å². The molecule has 0 aliphatic carbocycles. The molecule has 148 valence electrons. The molecule has 0 aromatic carbocycles. The molecule has 1 N–H and O–H groups in total. The number of nitrogens with zero attached hydrogens (tertiary/aromatic N) is 4. The number of amides is 2. The number of piperidine rings is 2. The summed E-state index contributed by atoms with van der Waals surface area (Å²) in [6, 6.07) is 2.21. The smallest absolute Gasteiger partial charge is 0.272 e. The van der Waals surface area contributed by atoms with Gasteiger partial charge in [-0.15, -0.1) is 0 Å². The molecule has 3 fully saturated rings. The van der Waals surface area contributed by atoms with E-state index in [0.29, 0.717) is 35.9 Å². The van der Waals surface area contributed by atoms with Gasteiger partial charge in [-0.05, 0) is 56.6 Å². The Hall–Kier alpha value is -1.89. The molecular formula is C20H31N5O2. The predicted molar refractivity (Wildman–Crippen MR) is 102 cm³/mol. The summed E-state index contributed by atoms with van der Waals surface area (Å²) in [5.41, 5.74) is 0.663. The van der Waals surface area contributed by atoms with Gasteiger partial charge in [0.25, 0.3) is 5.91 Å². The summed E-state index contributed by atoms with van der Waals surface area (Å²) < 4.78 is 1.66. The van der Waals surface area contributed by atoms with Crippen molar-refractivity contribution in [1.82, 2.24) is 24.9 Å². The van der Waals surface area contributed by atoms with E-state index in [0.717, 1.165) is 58.4 Å². The molecule has 3 aliphatic heterocycles. The first-order valence-electron chi connectivity index (χ1n) is 10.4. The van der Waals surface area contributed by atoms with Gasteiger partial charge in [0.1, 0.15) is 5.69 Å². The fourth-order valence-corrected chi connectivity index (χ4v) is 5.02. The molecule has 3 aliphatic rings. The van der Waals surface area contributed by atoms with Gasteiger partial charge in [0.2, 0.25) is 5.91 Å². The fourth-order valence-electron chi connectivity index (χ4n) is 5.02. The van der Waals surface area contributed by atoms with E-state index in [9.17, 15) is 9.59 Å². The van der Waals surface area contributed by atoms with Crippen molar-refractivity contribution in [3.05, 3.63) is 18.0 Å². The Balaban J connectivity index is 1.30. The van der Waals surface area contributed by atoms with Gasteiger partial charge in [-0.25, -0.2) is 0 Å². The topological polar surface area (TPSA) is 70.5 Å². The van der Waals surface area contributed by atoms with Crippen LogP contribution in [0.4, 0.5) is 0 Å². The molecule has 4 heterocycles. The first-order valence-corrected chi connectivity index (χ1v) is 10.4. The van der Waals surface area contributed by atoms with Gasteiger partial charge in [-0.1, -0.05) is 0 Å². The molecule has 0 saturated carbocycles. The van der Waals surface area contributed by atoms with Crippen LogP contribution in [0.1, 0.15) is 49.0 Å². The summed E-state index contributed by atoms with van der Waals surface area (Å²) in [5.74, 6) is 1.42. The van der Waals surface area contributed by atoms with Gasteiger partial charge in [0.15, 0.2) is 0 Å². The number of carbonyl (C=O) groups is 2. The minimum Gasteiger partial charge on any atom is -0.343 e. The quantitative estimate of drug-likeness (QED) is 0.844. The summed E-state index contributed by atoms with van der Waals surface area (Å²) in [4.78, 5) is 29.1. The molecule has 4 rings (SSSR count). The number of hydrogen-bond donors (Lipinski definition) is 1. The second kappa shape index (κ2) is 8.00. The van der Waals surface area contributed by atoms with E-state index in [4.69, 9.17) is 0 Å². The molecule has 3 atom stereocenters. The number of aryl methyl sites for hydroxylation is 1. The van der Waals surface area contributed by atoms with Crippen LogP contribution in [0, 0.1) is 11.8 Å². The number of aromatic nitrogens is 2. The van der Waals surface area contributed by atoms with E-state index in [2.05, 4.69) is 10.4 Å². The van der Waals surface area contributed by atoms with Crippen LogP contribution in [0.2, 0.25) is 0 Å². The van der Waals surface area contributed by atoms with Crippen LogP contribution >= 0.6 is 0 Å². The van der Waals surface area contributed by atoms with E-state index >= 15 is 0 Å². The third-order valence-electron chi connectivity index (χ3n) is 6.50. The standard InChI is InChI=1S/C20H31N5O2/c1-23-18(7-8-22-23)20(27)25-13-15-11-16(14-25)17(21-12-15)5-4-6-19(26)24-9-2-3-10-24/h7-8,15-17,21H,2-6,9-14H2,1H3/t15-,16+,17+/m0/s1. The van der Waals surface area contributed by atoms with Crippen LogP contribution in [0.25, 0.3) is 0 Å². The molecule has 0 spiro atoms. The Labute approximate surface area is 161 Å². The van der Waals surface area contributed by atoms with Crippen LogP contribution in [0.5, 0.6) is 0 Å². The van der Waals surface area contributed by atoms with Crippen LogP contribution < -0.4 is 5.32 Å². The Bertz CT molecular complexity index is 682. The highest BCUT2D eigenvalue weighted by atomic mass is 16.2. The molecule has 7 heteroatoms. The van der Waals surface area contributed by atoms with Crippen molar-refractivity contribution in [2.45, 2.75) is 44.6 Å². The summed E-state index contributed by atoms with van der Waals surface area (Å²) in [6.45, 7) is 4.48. The van der Waals surface area contributed by atoms with Crippen molar-refractivity contribution in [3.8, 4) is 0 Å². The maximum atomic E-state index is 12.9. The van der Waals surface area contributed by atoms with Crippen LogP contribution in [-0.2, 0) is 11.8 Å². The number of rotatable bonds is 5. The van der Waals surface area contributed by atoms with Crippen molar-refractivity contribution in [2.75, 3.05) is 32.7 Å². The molecule has 27 heavy (non-hydrogen) atoms. The first-order chi connectivity index (χ1) is 13.1. The summed E-state index contributed by atoms with van der Waals surface area (Å²) in [5, 5.41) is 7.82. The average molecular weight is 374 g/mol. The molecule has 3 saturated heterocycles. The minimum absolute atomic E-state index is 0.0922. The van der Waals surface area contributed by atoms with E-state index in [1.165, 1.54) is 6.42 Å². The van der Waals surface area contributed by atoms with Gasteiger partial charge >= 0.3 is 0 Å². The Kier molecular flexibility index (Phi) is 5.48. The third-order valence-corrected chi connectivity index (χ3v) is 6.50. The van der Waals surface area contributed by atoms with Crippen molar-refractivity contribution in [1.29, 1.82) is 0 Å². The van der Waals surface area contributed by atoms with E-state index in [-0.39, 0.29) is 5.91 Å². The Morgan fingerprint density at radius 1 is 1.22 bits per heavy atom.